The predicted octanol–water partition coefficient (Wildman–Crippen LogP) is 2.23. The van der Waals surface area contributed by atoms with Gasteiger partial charge in [-0.2, -0.15) is 0 Å². The molecule has 1 N–H and O–H groups in total. The molecule has 0 spiro atoms. The van der Waals surface area contributed by atoms with E-state index in [0.29, 0.717) is 6.54 Å². The largest absolute Gasteiger partial charge is 0.344 e. The van der Waals surface area contributed by atoms with Crippen molar-refractivity contribution in [2.75, 3.05) is 39.3 Å². The van der Waals surface area contributed by atoms with Crippen molar-refractivity contribution in [1.82, 2.24) is 20.1 Å². The molecule has 2 heterocycles. The summed E-state index contributed by atoms with van der Waals surface area (Å²) >= 11 is 0. The van der Waals surface area contributed by atoms with E-state index in [1.165, 1.54) is 5.56 Å². The van der Waals surface area contributed by atoms with Gasteiger partial charge < -0.3 is 10.2 Å². The summed E-state index contributed by atoms with van der Waals surface area (Å²) in [7, 11) is 0. The van der Waals surface area contributed by atoms with Crippen molar-refractivity contribution in [2.24, 2.45) is 0 Å². The second kappa shape index (κ2) is 8.92. The zero-order valence-electron chi connectivity index (χ0n) is 15.7. The van der Waals surface area contributed by atoms with E-state index in [1.807, 2.05) is 12.1 Å². The van der Waals surface area contributed by atoms with E-state index in [2.05, 4.69) is 58.2 Å². The second-order valence-electron chi connectivity index (χ2n) is 6.90. The Morgan fingerprint density at radius 3 is 2.19 bits per heavy atom. The van der Waals surface area contributed by atoms with Gasteiger partial charge in [0.25, 0.3) is 0 Å². The molecule has 26 heavy (non-hydrogen) atoms. The van der Waals surface area contributed by atoms with Crippen LogP contribution in [-0.2, 0) is 4.79 Å². The molecule has 0 bridgehead atoms. The topological polar surface area (TPSA) is 48.5 Å². The fraction of sp³-hybridized carbons (Fsp3) is 0.429. The predicted molar refractivity (Wildman–Crippen MR) is 104 cm³/mol. The van der Waals surface area contributed by atoms with Crippen molar-refractivity contribution in [3.63, 3.8) is 0 Å². The van der Waals surface area contributed by atoms with Crippen LogP contribution < -0.4 is 5.32 Å². The first kappa shape index (κ1) is 18.5. The van der Waals surface area contributed by atoms with E-state index in [-0.39, 0.29) is 11.9 Å². The highest BCUT2D eigenvalue weighted by molar-refractivity contribution is 5.79. The number of aryl methyl sites for hydroxylation is 1. The summed E-state index contributed by atoms with van der Waals surface area (Å²) in [5.74, 6) is 0.0670. The first-order valence-electron chi connectivity index (χ1n) is 9.36. The summed E-state index contributed by atoms with van der Waals surface area (Å²) in [6.07, 6.45) is 3.54. The normalized spacial score (nSPS) is 17.0. The number of piperazine rings is 1. The molecular formula is C21H28N4O. The lowest BCUT2D eigenvalue weighted by Crippen LogP contribution is -2.49. The molecule has 0 aliphatic carbocycles. The van der Waals surface area contributed by atoms with Crippen LogP contribution in [0.2, 0.25) is 0 Å². The van der Waals surface area contributed by atoms with Crippen molar-refractivity contribution in [3.05, 3.63) is 65.5 Å². The molecule has 1 atom stereocenters. The first-order chi connectivity index (χ1) is 12.7. The Hall–Kier alpha value is -2.24. The van der Waals surface area contributed by atoms with Crippen LogP contribution in [0.15, 0.2) is 48.8 Å². The SMILES string of the molecule is CCN1CCN(CC(=O)N[C@H](c2ccncc2)c2ccc(C)cc2)CC1. The van der Waals surface area contributed by atoms with Crippen LogP contribution in [0.4, 0.5) is 0 Å². The van der Waals surface area contributed by atoms with Gasteiger partial charge >= 0.3 is 0 Å². The number of aromatic nitrogens is 1. The summed E-state index contributed by atoms with van der Waals surface area (Å²) in [6, 6.07) is 12.1. The quantitative estimate of drug-likeness (QED) is 0.866. The van der Waals surface area contributed by atoms with Crippen molar-refractivity contribution in [2.45, 2.75) is 19.9 Å². The van der Waals surface area contributed by atoms with Crippen LogP contribution >= 0.6 is 0 Å². The van der Waals surface area contributed by atoms with E-state index in [9.17, 15) is 4.79 Å². The van der Waals surface area contributed by atoms with E-state index < -0.39 is 0 Å². The second-order valence-corrected chi connectivity index (χ2v) is 6.90. The Kier molecular flexibility index (Phi) is 6.36. The van der Waals surface area contributed by atoms with Crippen LogP contribution in [0.3, 0.4) is 0 Å². The summed E-state index contributed by atoms with van der Waals surface area (Å²) in [5, 5.41) is 3.22. The van der Waals surface area contributed by atoms with Crippen molar-refractivity contribution < 1.29 is 4.79 Å². The Balaban J connectivity index is 1.68. The average Bonchev–Trinajstić information content (AvgIpc) is 2.68. The molecule has 0 saturated carbocycles. The third-order valence-electron chi connectivity index (χ3n) is 5.03. The summed E-state index contributed by atoms with van der Waals surface area (Å²) in [5.41, 5.74) is 3.35. The van der Waals surface area contributed by atoms with Gasteiger partial charge in [0.05, 0.1) is 12.6 Å². The van der Waals surface area contributed by atoms with E-state index in [0.717, 1.165) is 43.9 Å². The number of nitrogens with one attached hydrogen (secondary N) is 1. The van der Waals surface area contributed by atoms with Gasteiger partial charge in [-0.3, -0.25) is 14.7 Å². The van der Waals surface area contributed by atoms with Gasteiger partial charge in [-0.25, -0.2) is 0 Å². The van der Waals surface area contributed by atoms with E-state index in [1.54, 1.807) is 12.4 Å². The molecule has 0 radical (unpaired) electrons. The number of carbonyl (C=O) groups is 1. The van der Waals surface area contributed by atoms with Crippen LogP contribution in [-0.4, -0.2) is 60.0 Å². The van der Waals surface area contributed by atoms with Gasteiger partial charge in [0.1, 0.15) is 0 Å². The van der Waals surface area contributed by atoms with Gasteiger partial charge in [0, 0.05) is 38.6 Å². The highest BCUT2D eigenvalue weighted by Crippen LogP contribution is 2.22. The Morgan fingerprint density at radius 1 is 1.00 bits per heavy atom. The summed E-state index contributed by atoms with van der Waals surface area (Å²) < 4.78 is 0. The molecule has 1 amide bonds. The van der Waals surface area contributed by atoms with Crippen LogP contribution in [0, 0.1) is 6.92 Å². The molecule has 1 aromatic carbocycles. The number of hydrogen-bond donors (Lipinski definition) is 1. The maximum absolute atomic E-state index is 12.7. The highest BCUT2D eigenvalue weighted by atomic mass is 16.2. The lowest BCUT2D eigenvalue weighted by molar-refractivity contribution is -0.123. The number of amides is 1. The zero-order chi connectivity index (χ0) is 18.4. The number of hydrogen-bond acceptors (Lipinski definition) is 4. The molecule has 138 valence electrons. The highest BCUT2D eigenvalue weighted by Gasteiger charge is 2.21. The van der Waals surface area contributed by atoms with Gasteiger partial charge in [0.2, 0.25) is 5.91 Å². The van der Waals surface area contributed by atoms with Gasteiger partial charge in [-0.1, -0.05) is 36.8 Å². The van der Waals surface area contributed by atoms with Gasteiger partial charge in [-0.05, 0) is 36.7 Å². The molecule has 1 aliphatic rings. The van der Waals surface area contributed by atoms with Crippen LogP contribution in [0.5, 0.6) is 0 Å². The maximum atomic E-state index is 12.7. The Morgan fingerprint density at radius 2 is 1.58 bits per heavy atom. The van der Waals surface area contributed by atoms with Crippen molar-refractivity contribution in [3.8, 4) is 0 Å². The molecule has 5 heteroatoms. The third-order valence-corrected chi connectivity index (χ3v) is 5.03. The van der Waals surface area contributed by atoms with Crippen LogP contribution in [0.25, 0.3) is 0 Å². The average molecular weight is 352 g/mol. The smallest absolute Gasteiger partial charge is 0.234 e. The van der Waals surface area contributed by atoms with Crippen molar-refractivity contribution in [1.29, 1.82) is 0 Å². The van der Waals surface area contributed by atoms with Gasteiger partial charge in [0.15, 0.2) is 0 Å². The monoisotopic (exact) mass is 352 g/mol. The minimum absolute atomic E-state index is 0.0670. The first-order valence-corrected chi connectivity index (χ1v) is 9.36. The fourth-order valence-corrected chi connectivity index (χ4v) is 3.35. The summed E-state index contributed by atoms with van der Waals surface area (Å²) in [4.78, 5) is 21.5. The van der Waals surface area contributed by atoms with Crippen molar-refractivity contribution >= 4 is 5.91 Å². The molecule has 1 aliphatic heterocycles. The van der Waals surface area contributed by atoms with Crippen LogP contribution in [0.1, 0.15) is 29.7 Å². The standard InChI is InChI=1S/C21H28N4O/c1-3-24-12-14-25(15-13-24)16-20(26)23-21(19-8-10-22-11-9-19)18-6-4-17(2)5-7-18/h4-11,21H,3,12-16H2,1-2H3,(H,23,26)/t21-/m0/s1. The summed E-state index contributed by atoms with van der Waals surface area (Å²) in [6.45, 7) is 9.76. The third kappa shape index (κ3) is 4.90. The Bertz CT molecular complexity index is 694. The molecular weight excluding hydrogens is 324 g/mol. The maximum Gasteiger partial charge on any atom is 0.234 e. The number of carbonyl (C=O) groups excluding carboxylic acids is 1. The molecule has 1 aromatic heterocycles. The van der Waals surface area contributed by atoms with E-state index >= 15 is 0 Å². The minimum atomic E-state index is -0.150. The number of likely N-dealkylation sites (N-methyl/N-ethyl adjacent to an activating group) is 1. The number of benzene rings is 1. The molecule has 1 saturated heterocycles. The fourth-order valence-electron chi connectivity index (χ4n) is 3.35. The lowest BCUT2D eigenvalue weighted by atomic mass is 9.98. The molecule has 1 fully saturated rings. The number of pyridine rings is 1. The molecule has 3 rings (SSSR count). The Labute approximate surface area is 156 Å². The van der Waals surface area contributed by atoms with Gasteiger partial charge in [-0.15, -0.1) is 0 Å². The molecule has 2 aromatic rings. The lowest BCUT2D eigenvalue weighted by Gasteiger charge is -2.33. The minimum Gasteiger partial charge on any atom is -0.344 e. The number of rotatable bonds is 6. The molecule has 0 unspecified atom stereocenters. The number of nitrogens with zero attached hydrogens (tertiary/aromatic N) is 3. The van der Waals surface area contributed by atoms with E-state index in [4.69, 9.17) is 0 Å². The zero-order valence-corrected chi connectivity index (χ0v) is 15.7. The molecule has 5 nitrogen and oxygen atoms in total.